The van der Waals surface area contributed by atoms with Crippen molar-refractivity contribution in [3.8, 4) is 6.07 Å². The van der Waals surface area contributed by atoms with Crippen molar-refractivity contribution in [2.75, 3.05) is 6.54 Å². The summed E-state index contributed by atoms with van der Waals surface area (Å²) < 4.78 is 0. The van der Waals surface area contributed by atoms with Crippen LogP contribution in [0.4, 0.5) is 0 Å². The number of carbonyl (C=O) groups is 1. The zero-order chi connectivity index (χ0) is 14.2. The Morgan fingerprint density at radius 1 is 1.30 bits per heavy atom. The lowest BCUT2D eigenvalue weighted by molar-refractivity contribution is -0.125. The minimum absolute atomic E-state index is 0.0526. The fourth-order valence-corrected chi connectivity index (χ4v) is 4.06. The third kappa shape index (κ3) is 4.28. The Hall–Kier alpha value is -1.47. The van der Waals surface area contributed by atoms with Crippen LogP contribution in [0.5, 0.6) is 0 Å². The Balaban J connectivity index is 1.90. The van der Waals surface area contributed by atoms with Gasteiger partial charge in [-0.05, 0) is 18.4 Å². The Morgan fingerprint density at radius 2 is 2.05 bits per heavy atom. The molecule has 1 amide bonds. The third-order valence-corrected chi connectivity index (χ3v) is 5.18. The molecular formula is C16H20N2OS. The Labute approximate surface area is 124 Å². The SMILES string of the molecule is N#CCNC(=O)[C@@H]1CCCC[C@H]1SCc1ccccc1. The largest absolute Gasteiger partial charge is 0.343 e. The van der Waals surface area contributed by atoms with Crippen molar-refractivity contribution >= 4 is 17.7 Å². The Morgan fingerprint density at radius 3 is 2.80 bits per heavy atom. The second-order valence-electron chi connectivity index (χ2n) is 5.10. The summed E-state index contributed by atoms with van der Waals surface area (Å²) in [6.45, 7) is 0.116. The molecule has 1 fully saturated rings. The van der Waals surface area contributed by atoms with Crippen molar-refractivity contribution < 1.29 is 4.79 Å². The van der Waals surface area contributed by atoms with Crippen LogP contribution in [-0.4, -0.2) is 17.7 Å². The summed E-state index contributed by atoms with van der Waals surface area (Å²) in [4.78, 5) is 12.1. The quantitative estimate of drug-likeness (QED) is 0.847. The van der Waals surface area contributed by atoms with Crippen molar-refractivity contribution in [2.45, 2.75) is 36.7 Å². The second kappa shape index (κ2) is 7.96. The molecule has 0 unspecified atom stereocenters. The van der Waals surface area contributed by atoms with Gasteiger partial charge in [0.2, 0.25) is 5.91 Å². The zero-order valence-electron chi connectivity index (χ0n) is 11.5. The first-order valence-corrected chi connectivity index (χ1v) is 8.16. The van der Waals surface area contributed by atoms with Crippen LogP contribution in [0.3, 0.4) is 0 Å². The number of hydrogen-bond acceptors (Lipinski definition) is 3. The highest BCUT2D eigenvalue weighted by atomic mass is 32.2. The summed E-state index contributed by atoms with van der Waals surface area (Å²) in [7, 11) is 0. The Bertz CT molecular complexity index is 469. The topological polar surface area (TPSA) is 52.9 Å². The van der Waals surface area contributed by atoms with Gasteiger partial charge in [-0.2, -0.15) is 17.0 Å². The highest BCUT2D eigenvalue weighted by Gasteiger charge is 2.30. The van der Waals surface area contributed by atoms with Crippen LogP contribution in [-0.2, 0) is 10.5 Å². The van der Waals surface area contributed by atoms with Crippen molar-refractivity contribution in [1.29, 1.82) is 5.26 Å². The maximum atomic E-state index is 12.1. The first-order valence-electron chi connectivity index (χ1n) is 7.11. The lowest BCUT2D eigenvalue weighted by atomic mass is 9.88. The molecule has 4 heteroatoms. The van der Waals surface area contributed by atoms with Gasteiger partial charge in [-0.15, -0.1) is 0 Å². The Kier molecular flexibility index (Phi) is 5.94. The number of carbonyl (C=O) groups excluding carboxylic acids is 1. The van der Waals surface area contributed by atoms with E-state index in [1.165, 1.54) is 12.0 Å². The number of benzene rings is 1. The maximum absolute atomic E-state index is 12.1. The van der Waals surface area contributed by atoms with E-state index in [9.17, 15) is 4.79 Å². The van der Waals surface area contributed by atoms with Gasteiger partial charge in [-0.1, -0.05) is 43.2 Å². The molecule has 1 saturated carbocycles. The number of rotatable bonds is 5. The lowest BCUT2D eigenvalue weighted by Gasteiger charge is -2.30. The molecule has 0 radical (unpaired) electrons. The molecule has 20 heavy (non-hydrogen) atoms. The van der Waals surface area contributed by atoms with E-state index < -0.39 is 0 Å². The molecule has 2 rings (SSSR count). The van der Waals surface area contributed by atoms with Gasteiger partial charge in [0.25, 0.3) is 0 Å². The molecule has 2 atom stereocenters. The summed E-state index contributed by atoms with van der Waals surface area (Å²) in [6, 6.07) is 12.3. The van der Waals surface area contributed by atoms with Crippen molar-refractivity contribution in [1.82, 2.24) is 5.32 Å². The van der Waals surface area contributed by atoms with Crippen LogP contribution in [0.25, 0.3) is 0 Å². The van der Waals surface area contributed by atoms with Crippen LogP contribution in [0.1, 0.15) is 31.2 Å². The van der Waals surface area contributed by atoms with Gasteiger partial charge in [0, 0.05) is 16.9 Å². The van der Waals surface area contributed by atoms with Crippen molar-refractivity contribution in [2.24, 2.45) is 5.92 Å². The van der Waals surface area contributed by atoms with Gasteiger partial charge in [0.1, 0.15) is 6.54 Å². The molecule has 106 valence electrons. The van der Waals surface area contributed by atoms with Gasteiger partial charge in [0.05, 0.1) is 6.07 Å². The molecule has 1 N–H and O–H groups in total. The third-order valence-electron chi connectivity index (χ3n) is 3.69. The number of thioether (sulfide) groups is 1. The van der Waals surface area contributed by atoms with Gasteiger partial charge in [-0.3, -0.25) is 4.79 Å². The van der Waals surface area contributed by atoms with E-state index in [0.29, 0.717) is 5.25 Å². The number of nitrogens with one attached hydrogen (secondary N) is 1. The molecule has 1 aliphatic carbocycles. The number of nitriles is 1. The predicted molar refractivity (Wildman–Crippen MR) is 82.1 cm³/mol. The minimum atomic E-state index is 0.0526. The van der Waals surface area contributed by atoms with E-state index >= 15 is 0 Å². The fraction of sp³-hybridized carbons (Fsp3) is 0.500. The summed E-state index contributed by atoms with van der Waals surface area (Å²) in [5.74, 6) is 1.07. The lowest BCUT2D eigenvalue weighted by Crippen LogP contribution is -2.38. The van der Waals surface area contributed by atoms with Gasteiger partial charge >= 0.3 is 0 Å². The molecule has 1 aliphatic rings. The van der Waals surface area contributed by atoms with Crippen LogP contribution in [0.15, 0.2) is 30.3 Å². The normalized spacial score (nSPS) is 21.9. The molecule has 0 aliphatic heterocycles. The summed E-state index contributed by atoms with van der Waals surface area (Å²) in [6.07, 6.45) is 4.37. The van der Waals surface area contributed by atoms with E-state index in [4.69, 9.17) is 5.26 Å². The van der Waals surface area contributed by atoms with E-state index in [1.807, 2.05) is 36.0 Å². The van der Waals surface area contributed by atoms with E-state index in [1.54, 1.807) is 0 Å². The highest BCUT2D eigenvalue weighted by molar-refractivity contribution is 7.99. The highest BCUT2D eigenvalue weighted by Crippen LogP contribution is 2.35. The van der Waals surface area contributed by atoms with Crippen molar-refractivity contribution in [3.63, 3.8) is 0 Å². The van der Waals surface area contributed by atoms with E-state index in [2.05, 4.69) is 17.4 Å². The minimum Gasteiger partial charge on any atom is -0.343 e. The first kappa shape index (κ1) is 14.9. The molecule has 1 aromatic carbocycles. The first-order chi connectivity index (χ1) is 9.81. The monoisotopic (exact) mass is 288 g/mol. The average Bonchev–Trinajstić information content (AvgIpc) is 2.52. The molecule has 0 saturated heterocycles. The average molecular weight is 288 g/mol. The maximum Gasteiger partial charge on any atom is 0.225 e. The smallest absolute Gasteiger partial charge is 0.225 e. The summed E-state index contributed by atoms with van der Waals surface area (Å²) in [5.41, 5.74) is 1.30. The van der Waals surface area contributed by atoms with Crippen LogP contribution < -0.4 is 5.32 Å². The molecular weight excluding hydrogens is 268 g/mol. The van der Waals surface area contributed by atoms with Gasteiger partial charge in [-0.25, -0.2) is 0 Å². The number of hydrogen-bond donors (Lipinski definition) is 1. The molecule has 0 spiro atoms. The molecule has 0 aromatic heterocycles. The zero-order valence-corrected chi connectivity index (χ0v) is 12.4. The van der Waals surface area contributed by atoms with E-state index in [-0.39, 0.29) is 18.4 Å². The summed E-state index contributed by atoms with van der Waals surface area (Å²) in [5, 5.41) is 11.7. The van der Waals surface area contributed by atoms with Gasteiger partial charge < -0.3 is 5.32 Å². The van der Waals surface area contributed by atoms with Crippen LogP contribution in [0, 0.1) is 17.2 Å². The van der Waals surface area contributed by atoms with Gasteiger partial charge in [0.15, 0.2) is 0 Å². The fourth-order valence-electron chi connectivity index (χ4n) is 2.63. The number of nitrogens with zero attached hydrogens (tertiary/aromatic N) is 1. The van der Waals surface area contributed by atoms with Crippen molar-refractivity contribution in [3.05, 3.63) is 35.9 Å². The second-order valence-corrected chi connectivity index (χ2v) is 6.33. The standard InChI is InChI=1S/C16H20N2OS/c17-10-11-18-16(19)14-8-4-5-9-15(14)20-12-13-6-2-1-3-7-13/h1-3,6-7,14-15H,4-5,8-9,11-12H2,(H,18,19)/t14-,15-/m1/s1. The van der Waals surface area contributed by atoms with Crippen LogP contribution >= 0.6 is 11.8 Å². The van der Waals surface area contributed by atoms with E-state index in [0.717, 1.165) is 25.0 Å². The summed E-state index contributed by atoms with van der Waals surface area (Å²) >= 11 is 1.88. The molecule has 3 nitrogen and oxygen atoms in total. The number of amides is 1. The molecule has 0 heterocycles. The predicted octanol–water partition coefficient (Wildman–Crippen LogP) is 3.12. The molecule has 1 aromatic rings. The molecule has 0 bridgehead atoms. The van der Waals surface area contributed by atoms with Crippen LogP contribution in [0.2, 0.25) is 0 Å².